The number of hydrogen-bond donors (Lipinski definition) is 2. The van der Waals surface area contributed by atoms with E-state index in [1.165, 1.54) is 0 Å². The summed E-state index contributed by atoms with van der Waals surface area (Å²) in [5, 5.41) is 10.5. The van der Waals surface area contributed by atoms with Crippen LogP contribution in [0, 0.1) is 5.92 Å². The Balaban J connectivity index is 1.37. The summed E-state index contributed by atoms with van der Waals surface area (Å²) in [5.74, 6) is 0.330. The number of nitrogens with zero attached hydrogens (tertiary/aromatic N) is 4. The maximum Gasteiger partial charge on any atom is 0.222 e. The summed E-state index contributed by atoms with van der Waals surface area (Å²) in [5.41, 5.74) is 8.13. The van der Waals surface area contributed by atoms with Crippen LogP contribution in [-0.2, 0) is 11.3 Å². The first-order chi connectivity index (χ1) is 11.7. The van der Waals surface area contributed by atoms with Crippen LogP contribution in [0.4, 0.5) is 5.95 Å². The summed E-state index contributed by atoms with van der Waals surface area (Å²) in [6.45, 7) is 1.10. The molecule has 3 N–H and O–H groups in total. The summed E-state index contributed by atoms with van der Waals surface area (Å²) in [6, 6.07) is 9.98. The van der Waals surface area contributed by atoms with Gasteiger partial charge >= 0.3 is 0 Å². The van der Waals surface area contributed by atoms with E-state index in [1.807, 2.05) is 34.9 Å². The van der Waals surface area contributed by atoms with Crippen molar-refractivity contribution in [3.8, 4) is 0 Å². The lowest BCUT2D eigenvalue weighted by Crippen LogP contribution is -2.45. The largest absolute Gasteiger partial charge is 0.391 e. The predicted octanol–water partition coefficient (Wildman–Crippen LogP) is 1.55. The van der Waals surface area contributed by atoms with Crippen molar-refractivity contribution in [1.29, 1.82) is 0 Å². The molecular weight excluding hydrogens is 306 g/mol. The van der Waals surface area contributed by atoms with Gasteiger partial charge in [-0.15, -0.1) is 0 Å². The minimum Gasteiger partial charge on any atom is -0.391 e. The zero-order chi connectivity index (χ0) is 16.5. The van der Waals surface area contributed by atoms with Crippen LogP contribution in [-0.4, -0.2) is 37.3 Å². The molecule has 2 heterocycles. The molecule has 0 bridgehead atoms. The number of ether oxygens (including phenoxy) is 1. The number of aliphatic hydroxyl groups excluding tert-OH is 1. The van der Waals surface area contributed by atoms with Crippen molar-refractivity contribution in [2.45, 2.75) is 25.2 Å². The molecule has 7 heteroatoms. The van der Waals surface area contributed by atoms with Gasteiger partial charge in [-0.05, 0) is 12.0 Å². The van der Waals surface area contributed by atoms with Crippen LogP contribution >= 0.6 is 0 Å². The van der Waals surface area contributed by atoms with Gasteiger partial charge in [0.2, 0.25) is 5.95 Å². The number of nitrogens with two attached hydrogens (primary N) is 1. The van der Waals surface area contributed by atoms with Crippen molar-refractivity contribution < 1.29 is 9.84 Å². The predicted molar refractivity (Wildman–Crippen MR) is 89.0 cm³/mol. The Morgan fingerprint density at radius 3 is 2.88 bits per heavy atom. The molecule has 1 aliphatic carbocycles. The lowest BCUT2D eigenvalue weighted by atomic mass is 9.77. The highest BCUT2D eigenvalue weighted by atomic mass is 16.5. The Hall–Kier alpha value is -2.51. The fraction of sp³-hybridized carbons (Fsp3) is 0.353. The Morgan fingerprint density at radius 2 is 2.08 bits per heavy atom. The summed E-state index contributed by atoms with van der Waals surface area (Å²) in [4.78, 5) is 12.4. The van der Waals surface area contributed by atoms with Gasteiger partial charge in [-0.2, -0.15) is 4.98 Å². The van der Waals surface area contributed by atoms with Gasteiger partial charge in [-0.25, -0.2) is 9.97 Å². The first-order valence-corrected chi connectivity index (χ1v) is 7.97. The Kier molecular flexibility index (Phi) is 3.87. The second-order valence-electron chi connectivity index (χ2n) is 6.14. The number of hydrogen-bond acceptors (Lipinski definition) is 6. The van der Waals surface area contributed by atoms with E-state index in [9.17, 15) is 5.11 Å². The molecule has 3 atom stereocenters. The summed E-state index contributed by atoms with van der Waals surface area (Å²) in [6.07, 6.45) is 3.63. The average molecular weight is 325 g/mol. The lowest BCUT2D eigenvalue weighted by molar-refractivity contribution is -0.0740. The van der Waals surface area contributed by atoms with Gasteiger partial charge in [0.1, 0.15) is 5.52 Å². The first-order valence-electron chi connectivity index (χ1n) is 7.97. The highest BCUT2D eigenvalue weighted by Gasteiger charge is 2.41. The number of benzene rings is 1. The Labute approximate surface area is 139 Å². The number of imidazole rings is 1. The number of nitrogen functional groups attached to an aromatic ring is 1. The molecule has 0 radical (unpaired) electrons. The zero-order valence-electron chi connectivity index (χ0n) is 13.1. The molecule has 0 aliphatic heterocycles. The Bertz CT molecular complexity index is 835. The third-order valence-corrected chi connectivity index (χ3v) is 4.56. The molecular formula is C17H19N5O2. The van der Waals surface area contributed by atoms with E-state index in [-0.39, 0.29) is 17.9 Å². The third-order valence-electron chi connectivity index (χ3n) is 4.56. The van der Waals surface area contributed by atoms with Crippen molar-refractivity contribution in [2.24, 2.45) is 5.92 Å². The van der Waals surface area contributed by atoms with Crippen LogP contribution in [0.25, 0.3) is 11.2 Å². The summed E-state index contributed by atoms with van der Waals surface area (Å²) in [7, 11) is 0. The van der Waals surface area contributed by atoms with E-state index >= 15 is 0 Å². The standard InChI is InChI=1S/C17H19N5O2/c18-17-19-7-13-16(21-17)22(10-20-13)14-6-12(15(14)23)9-24-8-11-4-2-1-3-5-11/h1-5,7,10,12,14-15,23H,6,8-9H2,(H2,18,19,21)/t12-,14+,15+/m1/s1. The van der Waals surface area contributed by atoms with Crippen LogP contribution < -0.4 is 5.73 Å². The zero-order valence-corrected chi connectivity index (χ0v) is 13.1. The quantitative estimate of drug-likeness (QED) is 0.738. The molecule has 3 aromatic rings. The third kappa shape index (κ3) is 2.72. The van der Waals surface area contributed by atoms with Gasteiger partial charge < -0.3 is 20.1 Å². The monoisotopic (exact) mass is 325 g/mol. The Morgan fingerprint density at radius 1 is 1.25 bits per heavy atom. The second-order valence-corrected chi connectivity index (χ2v) is 6.14. The molecule has 1 aromatic carbocycles. The number of anilines is 1. The van der Waals surface area contributed by atoms with Gasteiger partial charge in [0.25, 0.3) is 0 Å². The molecule has 0 unspecified atom stereocenters. The van der Waals surface area contributed by atoms with E-state index in [1.54, 1.807) is 12.5 Å². The number of aromatic nitrogens is 4. The molecule has 7 nitrogen and oxygen atoms in total. The fourth-order valence-electron chi connectivity index (χ4n) is 3.14. The van der Waals surface area contributed by atoms with Crippen molar-refractivity contribution in [3.63, 3.8) is 0 Å². The van der Waals surface area contributed by atoms with Crippen LogP contribution in [0.1, 0.15) is 18.0 Å². The van der Waals surface area contributed by atoms with Gasteiger partial charge in [0.05, 0.1) is 37.9 Å². The highest BCUT2D eigenvalue weighted by molar-refractivity contribution is 5.70. The summed E-state index contributed by atoms with van der Waals surface area (Å²) >= 11 is 0. The molecule has 24 heavy (non-hydrogen) atoms. The van der Waals surface area contributed by atoms with Crippen LogP contribution in [0.5, 0.6) is 0 Å². The molecule has 2 aromatic heterocycles. The van der Waals surface area contributed by atoms with Crippen molar-refractivity contribution in [2.75, 3.05) is 12.3 Å². The van der Waals surface area contributed by atoms with Crippen LogP contribution in [0.2, 0.25) is 0 Å². The van der Waals surface area contributed by atoms with Gasteiger partial charge in [0, 0.05) is 5.92 Å². The second kappa shape index (κ2) is 6.18. The van der Waals surface area contributed by atoms with Crippen molar-refractivity contribution >= 4 is 17.1 Å². The average Bonchev–Trinajstić information content (AvgIpc) is 3.00. The fourth-order valence-corrected chi connectivity index (χ4v) is 3.14. The minimum atomic E-state index is -0.477. The topological polar surface area (TPSA) is 99.1 Å². The molecule has 1 saturated carbocycles. The maximum atomic E-state index is 10.5. The van der Waals surface area contributed by atoms with Crippen molar-refractivity contribution in [1.82, 2.24) is 19.5 Å². The van der Waals surface area contributed by atoms with Gasteiger partial charge in [-0.3, -0.25) is 0 Å². The lowest BCUT2D eigenvalue weighted by Gasteiger charge is -2.41. The maximum absolute atomic E-state index is 10.5. The molecule has 0 spiro atoms. The first kappa shape index (κ1) is 15.0. The molecule has 0 saturated heterocycles. The van der Waals surface area contributed by atoms with Crippen molar-refractivity contribution in [3.05, 3.63) is 48.4 Å². The normalized spacial score (nSPS) is 23.3. The number of rotatable bonds is 5. The molecule has 1 aliphatic rings. The van der Waals surface area contributed by atoms with Crippen LogP contribution in [0.15, 0.2) is 42.9 Å². The molecule has 1 fully saturated rings. The molecule has 124 valence electrons. The minimum absolute atomic E-state index is 0.0466. The van der Waals surface area contributed by atoms with E-state index in [2.05, 4.69) is 15.0 Å². The van der Waals surface area contributed by atoms with E-state index in [0.717, 1.165) is 12.0 Å². The van der Waals surface area contributed by atoms with E-state index in [4.69, 9.17) is 10.5 Å². The van der Waals surface area contributed by atoms with E-state index < -0.39 is 6.10 Å². The summed E-state index contributed by atoms with van der Waals surface area (Å²) < 4.78 is 7.62. The smallest absolute Gasteiger partial charge is 0.222 e. The number of fused-ring (bicyclic) bond motifs is 1. The molecule has 4 rings (SSSR count). The van der Waals surface area contributed by atoms with E-state index in [0.29, 0.717) is 24.4 Å². The van der Waals surface area contributed by atoms with Crippen LogP contribution in [0.3, 0.4) is 0 Å². The van der Waals surface area contributed by atoms with Gasteiger partial charge in [-0.1, -0.05) is 30.3 Å². The van der Waals surface area contributed by atoms with Gasteiger partial charge in [0.15, 0.2) is 5.65 Å². The highest BCUT2D eigenvalue weighted by Crippen LogP contribution is 2.39. The SMILES string of the molecule is Nc1ncc2ncn([C@H]3C[C@H](COCc4ccccc4)[C@@H]3O)c2n1. The molecule has 0 amide bonds. The number of aliphatic hydroxyl groups is 1.